The van der Waals surface area contributed by atoms with Gasteiger partial charge in [-0.2, -0.15) is 0 Å². The van der Waals surface area contributed by atoms with Gasteiger partial charge in [0.25, 0.3) is 5.91 Å². The maximum atomic E-state index is 12.7. The third kappa shape index (κ3) is 7.01. The molecule has 2 amide bonds. The number of carbonyl (C=O) groups is 2. The Morgan fingerprint density at radius 1 is 1.17 bits per heavy atom. The SMILES string of the molecule is CSc1ccc(CC(=O)N2CCC(c3nc(C(=O)Nc4cccc(OC(F)(F)F)c4)cs3)CC2)cc1. The molecule has 2 aromatic carbocycles. The number of hydrogen-bond donors (Lipinski definition) is 1. The van der Waals surface area contributed by atoms with Gasteiger partial charge in [0.1, 0.15) is 11.4 Å². The second kappa shape index (κ2) is 11.3. The van der Waals surface area contributed by atoms with Crippen LogP contribution in [0.5, 0.6) is 5.75 Å². The molecule has 1 N–H and O–H groups in total. The van der Waals surface area contributed by atoms with Crippen LogP contribution >= 0.6 is 23.1 Å². The summed E-state index contributed by atoms with van der Waals surface area (Å²) >= 11 is 3.03. The van der Waals surface area contributed by atoms with E-state index in [-0.39, 0.29) is 23.2 Å². The molecule has 3 aromatic rings. The van der Waals surface area contributed by atoms with Gasteiger partial charge in [0.2, 0.25) is 5.91 Å². The van der Waals surface area contributed by atoms with Crippen LogP contribution in [-0.2, 0) is 11.2 Å². The number of alkyl halides is 3. The molecule has 0 saturated carbocycles. The highest BCUT2D eigenvalue weighted by Crippen LogP contribution is 2.31. The number of nitrogens with zero attached hydrogens (tertiary/aromatic N) is 2. The van der Waals surface area contributed by atoms with E-state index in [0.717, 1.165) is 40.4 Å². The molecule has 2 heterocycles. The number of rotatable bonds is 7. The summed E-state index contributed by atoms with van der Waals surface area (Å²) in [6.45, 7) is 1.25. The first kappa shape index (κ1) is 26.0. The molecule has 0 spiro atoms. The summed E-state index contributed by atoms with van der Waals surface area (Å²) in [5.74, 6) is -0.689. The molecular weight excluding hydrogens is 511 g/mol. The summed E-state index contributed by atoms with van der Waals surface area (Å²) in [5, 5.41) is 5.01. The number of carbonyl (C=O) groups excluding carboxylic acids is 2. The van der Waals surface area contributed by atoms with E-state index in [1.54, 1.807) is 17.1 Å². The van der Waals surface area contributed by atoms with Gasteiger partial charge in [-0.25, -0.2) is 4.98 Å². The molecule has 11 heteroatoms. The number of aromatic nitrogens is 1. The van der Waals surface area contributed by atoms with Crippen LogP contribution in [0.1, 0.15) is 39.8 Å². The van der Waals surface area contributed by atoms with Gasteiger partial charge in [-0.3, -0.25) is 9.59 Å². The molecule has 0 radical (unpaired) electrons. The summed E-state index contributed by atoms with van der Waals surface area (Å²) < 4.78 is 41.2. The van der Waals surface area contributed by atoms with Crippen molar-refractivity contribution < 1.29 is 27.5 Å². The highest BCUT2D eigenvalue weighted by atomic mass is 32.2. The number of benzene rings is 2. The lowest BCUT2D eigenvalue weighted by atomic mass is 9.97. The van der Waals surface area contributed by atoms with Crippen LogP contribution in [0.15, 0.2) is 58.8 Å². The van der Waals surface area contributed by atoms with E-state index in [1.165, 1.54) is 23.5 Å². The molecule has 0 bridgehead atoms. The van der Waals surface area contributed by atoms with E-state index in [1.807, 2.05) is 35.4 Å². The van der Waals surface area contributed by atoms with Gasteiger partial charge < -0.3 is 15.0 Å². The van der Waals surface area contributed by atoms with Gasteiger partial charge in [0.15, 0.2) is 0 Å². The highest BCUT2D eigenvalue weighted by molar-refractivity contribution is 7.98. The number of thiazole rings is 1. The fraction of sp³-hybridized carbons (Fsp3) is 0.320. The van der Waals surface area contributed by atoms with Gasteiger partial charge in [0, 0.05) is 41.0 Å². The molecule has 1 aromatic heterocycles. The Bertz CT molecular complexity index is 1210. The average Bonchev–Trinajstić information content (AvgIpc) is 3.34. The smallest absolute Gasteiger partial charge is 0.406 e. The van der Waals surface area contributed by atoms with Crippen LogP contribution in [0, 0.1) is 0 Å². The Kier molecular flexibility index (Phi) is 8.20. The molecule has 190 valence electrons. The molecule has 0 unspecified atom stereocenters. The average molecular weight is 536 g/mol. The van der Waals surface area contributed by atoms with Gasteiger partial charge >= 0.3 is 6.36 Å². The van der Waals surface area contributed by atoms with Crippen LogP contribution < -0.4 is 10.1 Å². The van der Waals surface area contributed by atoms with Crippen molar-refractivity contribution >= 4 is 40.6 Å². The van der Waals surface area contributed by atoms with Crippen molar-refractivity contribution in [1.82, 2.24) is 9.88 Å². The first-order chi connectivity index (χ1) is 17.2. The molecule has 0 atom stereocenters. The van der Waals surface area contributed by atoms with Crippen molar-refractivity contribution in [2.45, 2.75) is 36.4 Å². The number of likely N-dealkylation sites (tertiary alicyclic amines) is 1. The minimum absolute atomic E-state index is 0.0984. The largest absolute Gasteiger partial charge is 0.573 e. The monoisotopic (exact) mass is 535 g/mol. The van der Waals surface area contributed by atoms with E-state index in [2.05, 4.69) is 15.0 Å². The minimum atomic E-state index is -4.81. The summed E-state index contributed by atoms with van der Waals surface area (Å²) in [4.78, 5) is 32.8. The second-order valence-corrected chi connectivity index (χ2v) is 10.0. The van der Waals surface area contributed by atoms with Crippen molar-refractivity contribution in [3.63, 3.8) is 0 Å². The van der Waals surface area contributed by atoms with E-state index in [9.17, 15) is 22.8 Å². The number of nitrogens with one attached hydrogen (secondary N) is 1. The Labute approximate surface area is 214 Å². The number of thioether (sulfide) groups is 1. The number of hydrogen-bond acceptors (Lipinski definition) is 6. The fourth-order valence-electron chi connectivity index (χ4n) is 3.95. The van der Waals surface area contributed by atoms with Crippen molar-refractivity contribution in [2.75, 3.05) is 24.7 Å². The Balaban J connectivity index is 1.29. The van der Waals surface area contributed by atoms with E-state index in [0.29, 0.717) is 19.5 Å². The molecule has 0 aliphatic carbocycles. The first-order valence-electron chi connectivity index (χ1n) is 11.2. The normalized spacial score (nSPS) is 14.5. The molecular formula is C25H24F3N3O3S2. The molecule has 36 heavy (non-hydrogen) atoms. The molecule has 1 aliphatic rings. The van der Waals surface area contributed by atoms with Gasteiger partial charge in [-0.05, 0) is 48.9 Å². The Morgan fingerprint density at radius 3 is 2.56 bits per heavy atom. The molecule has 1 aliphatic heterocycles. The summed E-state index contributed by atoms with van der Waals surface area (Å²) in [6.07, 6.45) is -0.925. The zero-order valence-corrected chi connectivity index (χ0v) is 21.0. The zero-order chi connectivity index (χ0) is 25.7. The van der Waals surface area contributed by atoms with Crippen LogP contribution in [0.2, 0.25) is 0 Å². The molecule has 1 fully saturated rings. The summed E-state index contributed by atoms with van der Waals surface area (Å²) in [7, 11) is 0. The highest BCUT2D eigenvalue weighted by Gasteiger charge is 2.31. The van der Waals surface area contributed by atoms with Gasteiger partial charge in [-0.1, -0.05) is 18.2 Å². The van der Waals surface area contributed by atoms with Gasteiger partial charge in [0.05, 0.1) is 11.4 Å². The standard InChI is InChI=1S/C25H24F3N3O3S2/c1-35-20-7-5-16(6-8-20)13-22(32)31-11-9-17(10-12-31)24-30-21(15-36-24)23(33)29-18-3-2-4-19(14-18)34-25(26,27)28/h2-8,14-15,17H,9-13H2,1H3,(H,29,33). The number of piperidine rings is 1. The van der Waals surface area contributed by atoms with Crippen LogP contribution in [0.4, 0.5) is 18.9 Å². The maximum absolute atomic E-state index is 12.7. The van der Waals surface area contributed by atoms with Crippen molar-refractivity contribution in [3.05, 3.63) is 70.2 Å². The van der Waals surface area contributed by atoms with Crippen LogP contribution in [0.25, 0.3) is 0 Å². The molecule has 6 nitrogen and oxygen atoms in total. The lowest BCUT2D eigenvalue weighted by Gasteiger charge is -2.31. The van der Waals surface area contributed by atoms with Gasteiger partial charge in [-0.15, -0.1) is 36.3 Å². The number of halogens is 3. The van der Waals surface area contributed by atoms with E-state index >= 15 is 0 Å². The summed E-state index contributed by atoms with van der Waals surface area (Å²) in [6, 6.07) is 13.1. The Hall–Kier alpha value is -3.05. The van der Waals surface area contributed by atoms with E-state index < -0.39 is 18.0 Å². The third-order valence-corrected chi connectivity index (χ3v) is 7.54. The molecule has 1 saturated heterocycles. The van der Waals surface area contributed by atoms with E-state index in [4.69, 9.17) is 0 Å². The fourth-order valence-corrected chi connectivity index (χ4v) is 5.33. The predicted octanol–water partition coefficient (Wildman–Crippen LogP) is 5.96. The minimum Gasteiger partial charge on any atom is -0.406 e. The zero-order valence-electron chi connectivity index (χ0n) is 19.4. The molecule has 4 rings (SSSR count). The number of amides is 2. The Morgan fingerprint density at radius 2 is 1.89 bits per heavy atom. The maximum Gasteiger partial charge on any atom is 0.573 e. The van der Waals surface area contributed by atoms with Crippen molar-refractivity contribution in [3.8, 4) is 5.75 Å². The predicted molar refractivity (Wildman–Crippen MR) is 134 cm³/mol. The van der Waals surface area contributed by atoms with Crippen LogP contribution in [-0.4, -0.2) is 47.4 Å². The topological polar surface area (TPSA) is 71.5 Å². The lowest BCUT2D eigenvalue weighted by molar-refractivity contribution is -0.274. The first-order valence-corrected chi connectivity index (χ1v) is 13.3. The second-order valence-electron chi connectivity index (χ2n) is 8.28. The lowest BCUT2D eigenvalue weighted by Crippen LogP contribution is -2.38. The van der Waals surface area contributed by atoms with Crippen LogP contribution in [0.3, 0.4) is 0 Å². The van der Waals surface area contributed by atoms with Crippen molar-refractivity contribution in [1.29, 1.82) is 0 Å². The summed E-state index contributed by atoms with van der Waals surface area (Å²) in [5.41, 5.74) is 1.36. The van der Waals surface area contributed by atoms with Crippen molar-refractivity contribution in [2.24, 2.45) is 0 Å². The number of ether oxygens (including phenoxy) is 1. The quantitative estimate of drug-likeness (QED) is 0.378. The third-order valence-electron chi connectivity index (χ3n) is 5.79. The number of anilines is 1.